The first-order chi connectivity index (χ1) is 9.26. The fraction of sp³-hybridized carbons (Fsp3) is 0.562. The van der Waals surface area contributed by atoms with E-state index in [9.17, 15) is 0 Å². The quantitative estimate of drug-likeness (QED) is 0.324. The molecular weight excluding hydrogens is 361 g/mol. The smallest absolute Gasteiger partial charge is 0.190 e. The van der Waals surface area contributed by atoms with Crippen molar-refractivity contribution in [2.75, 3.05) is 20.1 Å². The molecule has 0 aliphatic heterocycles. The summed E-state index contributed by atoms with van der Waals surface area (Å²) in [7, 11) is 1.82. The van der Waals surface area contributed by atoms with E-state index in [0.717, 1.165) is 25.5 Å². The number of guanidine groups is 1. The number of benzene rings is 1. The van der Waals surface area contributed by atoms with E-state index in [1.807, 2.05) is 7.05 Å². The van der Waals surface area contributed by atoms with Gasteiger partial charge in [0.2, 0.25) is 0 Å². The molecule has 4 heteroatoms. The molecule has 1 rings (SSSR count). The molecule has 1 aromatic rings. The maximum absolute atomic E-state index is 4.23. The van der Waals surface area contributed by atoms with E-state index in [1.54, 1.807) is 0 Å². The molecule has 0 atom stereocenters. The highest BCUT2D eigenvalue weighted by Crippen LogP contribution is 2.02. The first kappa shape index (κ1) is 19.2. The van der Waals surface area contributed by atoms with Gasteiger partial charge in [-0.25, -0.2) is 0 Å². The van der Waals surface area contributed by atoms with Crippen molar-refractivity contribution in [1.82, 2.24) is 10.6 Å². The van der Waals surface area contributed by atoms with Gasteiger partial charge in [0.15, 0.2) is 5.96 Å². The Bertz CT molecular complexity index is 374. The van der Waals surface area contributed by atoms with Gasteiger partial charge in [0, 0.05) is 20.1 Å². The average Bonchev–Trinajstić information content (AvgIpc) is 2.43. The zero-order valence-electron chi connectivity index (χ0n) is 12.9. The molecule has 0 aromatic heterocycles. The van der Waals surface area contributed by atoms with Crippen molar-refractivity contribution >= 4 is 29.9 Å². The molecule has 2 N–H and O–H groups in total. The number of hydrogen-bond donors (Lipinski definition) is 2. The van der Waals surface area contributed by atoms with Crippen LogP contribution in [0.4, 0.5) is 0 Å². The average molecular weight is 389 g/mol. The highest BCUT2D eigenvalue weighted by Gasteiger charge is 1.97. The molecule has 0 saturated heterocycles. The molecule has 3 nitrogen and oxygen atoms in total. The van der Waals surface area contributed by atoms with Crippen LogP contribution in [-0.2, 0) is 6.42 Å². The number of nitrogens with zero attached hydrogens (tertiary/aromatic N) is 1. The summed E-state index contributed by atoms with van der Waals surface area (Å²) in [5.74, 6) is 0.906. The minimum Gasteiger partial charge on any atom is -0.356 e. The Balaban J connectivity index is 0.00000361. The van der Waals surface area contributed by atoms with Crippen LogP contribution in [0.1, 0.15) is 37.3 Å². The van der Waals surface area contributed by atoms with Crippen molar-refractivity contribution in [2.45, 2.75) is 39.5 Å². The highest BCUT2D eigenvalue weighted by molar-refractivity contribution is 14.0. The molecule has 20 heavy (non-hydrogen) atoms. The third kappa shape index (κ3) is 8.40. The van der Waals surface area contributed by atoms with Crippen LogP contribution in [0.25, 0.3) is 0 Å². The van der Waals surface area contributed by atoms with E-state index in [1.165, 1.54) is 30.4 Å². The molecule has 0 aliphatic rings. The van der Waals surface area contributed by atoms with E-state index >= 15 is 0 Å². The lowest BCUT2D eigenvalue weighted by Crippen LogP contribution is -2.38. The molecule has 1 aromatic carbocycles. The molecule has 0 unspecified atom stereocenters. The number of aryl methyl sites for hydroxylation is 1. The van der Waals surface area contributed by atoms with Gasteiger partial charge < -0.3 is 10.6 Å². The molecule has 0 fully saturated rings. The summed E-state index contributed by atoms with van der Waals surface area (Å²) in [4.78, 5) is 4.23. The Morgan fingerprint density at radius 2 is 1.70 bits per heavy atom. The van der Waals surface area contributed by atoms with Crippen molar-refractivity contribution in [3.63, 3.8) is 0 Å². The van der Waals surface area contributed by atoms with Gasteiger partial charge in [-0.2, -0.15) is 0 Å². The van der Waals surface area contributed by atoms with E-state index in [0.29, 0.717) is 0 Å². The topological polar surface area (TPSA) is 36.4 Å². The Kier molecular flexibility index (Phi) is 11.5. The summed E-state index contributed by atoms with van der Waals surface area (Å²) in [5.41, 5.74) is 2.67. The Morgan fingerprint density at radius 3 is 2.30 bits per heavy atom. The summed E-state index contributed by atoms with van der Waals surface area (Å²) in [5, 5.41) is 6.69. The second kappa shape index (κ2) is 12.0. The second-order valence-corrected chi connectivity index (χ2v) is 4.87. The van der Waals surface area contributed by atoms with E-state index in [4.69, 9.17) is 0 Å². The van der Waals surface area contributed by atoms with Crippen molar-refractivity contribution in [1.29, 1.82) is 0 Å². The second-order valence-electron chi connectivity index (χ2n) is 4.87. The lowest BCUT2D eigenvalue weighted by Gasteiger charge is -2.11. The van der Waals surface area contributed by atoms with Crippen molar-refractivity contribution in [2.24, 2.45) is 4.99 Å². The number of rotatable bonds is 7. The third-order valence-electron chi connectivity index (χ3n) is 3.12. The minimum absolute atomic E-state index is 0. The number of hydrogen-bond acceptors (Lipinski definition) is 1. The minimum atomic E-state index is 0. The molecule has 0 aliphatic carbocycles. The standard InChI is InChI=1S/C16H27N3.HI/c1-4-5-6-12-18-16(17-3)19-13-11-15-9-7-14(2)8-10-15;/h7-10H,4-6,11-13H2,1-3H3,(H2,17,18,19);1H. The monoisotopic (exact) mass is 389 g/mol. The van der Waals surface area contributed by atoms with Gasteiger partial charge in [-0.3, -0.25) is 4.99 Å². The first-order valence-corrected chi connectivity index (χ1v) is 7.26. The van der Waals surface area contributed by atoms with E-state index in [2.05, 4.69) is 53.7 Å². The van der Waals surface area contributed by atoms with Crippen LogP contribution in [-0.4, -0.2) is 26.1 Å². The Labute approximate surface area is 140 Å². The molecule has 0 saturated carbocycles. The first-order valence-electron chi connectivity index (χ1n) is 7.26. The van der Waals surface area contributed by atoms with Crippen LogP contribution >= 0.6 is 24.0 Å². The number of unbranched alkanes of at least 4 members (excludes halogenated alkanes) is 2. The van der Waals surface area contributed by atoms with Gasteiger partial charge in [-0.05, 0) is 25.3 Å². The molecule has 114 valence electrons. The summed E-state index contributed by atoms with van der Waals surface area (Å²) in [6, 6.07) is 8.70. The molecule has 0 bridgehead atoms. The van der Waals surface area contributed by atoms with Gasteiger partial charge in [0.25, 0.3) is 0 Å². The fourth-order valence-electron chi connectivity index (χ4n) is 1.88. The van der Waals surface area contributed by atoms with Crippen LogP contribution < -0.4 is 10.6 Å². The largest absolute Gasteiger partial charge is 0.356 e. The lowest BCUT2D eigenvalue weighted by molar-refractivity contribution is 0.682. The van der Waals surface area contributed by atoms with Gasteiger partial charge in [0.05, 0.1) is 0 Å². The van der Waals surface area contributed by atoms with E-state index in [-0.39, 0.29) is 24.0 Å². The molecular formula is C16H28IN3. The lowest BCUT2D eigenvalue weighted by atomic mass is 10.1. The molecule has 0 heterocycles. The van der Waals surface area contributed by atoms with Gasteiger partial charge in [0.1, 0.15) is 0 Å². The van der Waals surface area contributed by atoms with E-state index < -0.39 is 0 Å². The number of nitrogens with one attached hydrogen (secondary N) is 2. The molecule has 0 spiro atoms. The predicted molar refractivity (Wildman–Crippen MR) is 99.2 cm³/mol. The van der Waals surface area contributed by atoms with Gasteiger partial charge in [-0.15, -0.1) is 24.0 Å². The normalized spacial score (nSPS) is 10.8. The summed E-state index contributed by atoms with van der Waals surface area (Å²) < 4.78 is 0. The van der Waals surface area contributed by atoms with Crippen LogP contribution in [0, 0.1) is 6.92 Å². The molecule has 0 radical (unpaired) electrons. The highest BCUT2D eigenvalue weighted by atomic mass is 127. The third-order valence-corrected chi connectivity index (χ3v) is 3.12. The maximum Gasteiger partial charge on any atom is 0.190 e. The van der Waals surface area contributed by atoms with Crippen molar-refractivity contribution in [3.05, 3.63) is 35.4 Å². The summed E-state index contributed by atoms with van der Waals surface area (Å²) >= 11 is 0. The van der Waals surface area contributed by atoms with Crippen LogP contribution in [0.3, 0.4) is 0 Å². The number of halogens is 1. The zero-order valence-corrected chi connectivity index (χ0v) is 15.2. The predicted octanol–water partition coefficient (Wildman–Crippen LogP) is 3.51. The van der Waals surface area contributed by atoms with Crippen LogP contribution in [0.5, 0.6) is 0 Å². The fourth-order valence-corrected chi connectivity index (χ4v) is 1.88. The number of aliphatic imine (C=N–C) groups is 1. The summed E-state index contributed by atoms with van der Waals surface area (Å²) in [6.07, 6.45) is 4.75. The van der Waals surface area contributed by atoms with Gasteiger partial charge in [-0.1, -0.05) is 49.6 Å². The Hall–Kier alpha value is -0.780. The van der Waals surface area contributed by atoms with Crippen LogP contribution in [0.15, 0.2) is 29.3 Å². The van der Waals surface area contributed by atoms with Crippen molar-refractivity contribution < 1.29 is 0 Å². The SMILES string of the molecule is CCCCCNC(=NC)NCCc1ccc(C)cc1.I. The van der Waals surface area contributed by atoms with Gasteiger partial charge >= 0.3 is 0 Å². The molecule has 0 amide bonds. The Morgan fingerprint density at radius 1 is 1.05 bits per heavy atom. The maximum atomic E-state index is 4.23. The van der Waals surface area contributed by atoms with Crippen LogP contribution in [0.2, 0.25) is 0 Å². The van der Waals surface area contributed by atoms with Crippen molar-refractivity contribution in [3.8, 4) is 0 Å². The zero-order chi connectivity index (χ0) is 13.9. The summed E-state index contributed by atoms with van der Waals surface area (Å²) in [6.45, 7) is 6.24.